The summed E-state index contributed by atoms with van der Waals surface area (Å²) in [5, 5.41) is 3.51. The average molecular weight is 473 g/mol. The molecule has 2 fully saturated rings. The maximum atomic E-state index is 5.66. The summed E-state index contributed by atoms with van der Waals surface area (Å²) in [5.74, 6) is 2.71. The molecule has 0 aromatic heterocycles. The highest BCUT2D eigenvalue weighted by Gasteiger charge is 2.42. The molecule has 6 nitrogen and oxygen atoms in total. The van der Waals surface area contributed by atoms with Crippen molar-refractivity contribution in [3.05, 3.63) is 23.8 Å². The van der Waals surface area contributed by atoms with Gasteiger partial charge in [-0.2, -0.15) is 0 Å². The Morgan fingerprint density at radius 1 is 1.19 bits per heavy atom. The summed E-state index contributed by atoms with van der Waals surface area (Å²) in [6.07, 6.45) is 3.31. The predicted octanol–water partition coefficient (Wildman–Crippen LogP) is 2.31. The van der Waals surface area contributed by atoms with Crippen molar-refractivity contribution in [3.8, 4) is 11.5 Å². The van der Waals surface area contributed by atoms with Gasteiger partial charge in [-0.05, 0) is 37.0 Å². The first-order valence-corrected chi connectivity index (χ1v) is 9.20. The van der Waals surface area contributed by atoms with Gasteiger partial charge in [0.25, 0.3) is 0 Å². The van der Waals surface area contributed by atoms with Crippen molar-refractivity contribution in [2.24, 2.45) is 10.4 Å². The van der Waals surface area contributed by atoms with E-state index in [4.69, 9.17) is 14.2 Å². The molecule has 144 valence electrons. The Labute approximate surface area is 172 Å². The normalized spacial score (nSPS) is 24.7. The van der Waals surface area contributed by atoms with E-state index < -0.39 is 0 Å². The van der Waals surface area contributed by atoms with Crippen molar-refractivity contribution >= 4 is 29.9 Å². The molecule has 0 radical (unpaired) electrons. The maximum absolute atomic E-state index is 5.66. The number of rotatable bonds is 3. The fourth-order valence-electron chi connectivity index (χ4n) is 3.98. The minimum Gasteiger partial charge on any atom is -0.486 e. The van der Waals surface area contributed by atoms with Gasteiger partial charge in [0.2, 0.25) is 0 Å². The van der Waals surface area contributed by atoms with Crippen LogP contribution in [0.4, 0.5) is 0 Å². The smallest absolute Gasteiger partial charge is 0.193 e. The number of likely N-dealkylation sites (tertiary alicyclic amines) is 1. The van der Waals surface area contributed by atoms with Crippen LogP contribution in [0.3, 0.4) is 0 Å². The zero-order chi connectivity index (χ0) is 17.1. The second-order valence-electron chi connectivity index (χ2n) is 7.18. The van der Waals surface area contributed by atoms with Gasteiger partial charge >= 0.3 is 0 Å². The fourth-order valence-corrected chi connectivity index (χ4v) is 3.98. The van der Waals surface area contributed by atoms with Crippen LogP contribution in [0.2, 0.25) is 0 Å². The van der Waals surface area contributed by atoms with Gasteiger partial charge in [-0.15, -0.1) is 24.0 Å². The molecular weight excluding hydrogens is 445 g/mol. The lowest BCUT2D eigenvalue weighted by Gasteiger charge is -2.25. The Hall–Kier alpha value is -1.22. The molecule has 0 saturated carbocycles. The zero-order valence-electron chi connectivity index (χ0n) is 15.3. The standard InChI is InChI=1S/C19H27N3O3.HI/c1-20-18(22-8-5-19(13-22)6-9-23-14-19)21-7-4-15-2-3-16-17(12-15)25-11-10-24-16;/h2-3,12H,4-11,13-14H2,1H3,(H,20,21);1H. The van der Waals surface area contributed by atoms with Crippen LogP contribution >= 0.6 is 24.0 Å². The lowest BCUT2D eigenvalue weighted by atomic mass is 9.87. The molecule has 0 bridgehead atoms. The highest BCUT2D eigenvalue weighted by Crippen LogP contribution is 2.38. The van der Waals surface area contributed by atoms with E-state index in [-0.39, 0.29) is 24.0 Å². The minimum absolute atomic E-state index is 0. The molecule has 4 rings (SSSR count). The third-order valence-corrected chi connectivity index (χ3v) is 5.44. The number of benzene rings is 1. The molecule has 1 spiro atoms. The second-order valence-corrected chi connectivity index (χ2v) is 7.18. The van der Waals surface area contributed by atoms with E-state index in [0.29, 0.717) is 18.6 Å². The number of hydrogen-bond acceptors (Lipinski definition) is 4. The van der Waals surface area contributed by atoms with Gasteiger partial charge in [0, 0.05) is 38.7 Å². The Bertz CT molecular complexity index is 647. The quantitative estimate of drug-likeness (QED) is 0.415. The Morgan fingerprint density at radius 3 is 2.81 bits per heavy atom. The Balaban J connectivity index is 0.00000196. The summed E-state index contributed by atoms with van der Waals surface area (Å²) in [4.78, 5) is 6.85. The number of nitrogens with one attached hydrogen (secondary N) is 1. The molecule has 1 unspecified atom stereocenters. The van der Waals surface area contributed by atoms with Crippen molar-refractivity contribution in [2.45, 2.75) is 19.3 Å². The summed E-state index contributed by atoms with van der Waals surface area (Å²) in [5.41, 5.74) is 1.60. The molecule has 3 aliphatic heterocycles. The van der Waals surface area contributed by atoms with Crippen LogP contribution in [-0.2, 0) is 11.2 Å². The molecule has 3 heterocycles. The largest absolute Gasteiger partial charge is 0.486 e. The van der Waals surface area contributed by atoms with Crippen LogP contribution in [0.5, 0.6) is 11.5 Å². The van der Waals surface area contributed by atoms with Gasteiger partial charge in [-0.25, -0.2) is 0 Å². The SMILES string of the molecule is CN=C(NCCc1ccc2c(c1)OCCO2)N1CCC2(CCOC2)C1.I. The highest BCUT2D eigenvalue weighted by molar-refractivity contribution is 14.0. The van der Waals surface area contributed by atoms with E-state index in [1.807, 2.05) is 13.1 Å². The summed E-state index contributed by atoms with van der Waals surface area (Å²) in [6.45, 7) is 6.03. The van der Waals surface area contributed by atoms with Crippen molar-refractivity contribution < 1.29 is 14.2 Å². The number of aliphatic imine (C=N–C) groups is 1. The minimum atomic E-state index is 0. The number of ether oxygens (including phenoxy) is 3. The topological polar surface area (TPSA) is 55.3 Å². The van der Waals surface area contributed by atoms with Gasteiger partial charge in [-0.1, -0.05) is 6.07 Å². The monoisotopic (exact) mass is 473 g/mol. The molecule has 26 heavy (non-hydrogen) atoms. The summed E-state index contributed by atoms with van der Waals surface area (Å²) in [7, 11) is 1.86. The summed E-state index contributed by atoms with van der Waals surface area (Å²) >= 11 is 0. The Morgan fingerprint density at radius 2 is 2.04 bits per heavy atom. The number of fused-ring (bicyclic) bond motifs is 1. The highest BCUT2D eigenvalue weighted by atomic mass is 127. The van der Waals surface area contributed by atoms with Crippen molar-refractivity contribution in [3.63, 3.8) is 0 Å². The van der Waals surface area contributed by atoms with Gasteiger partial charge in [-0.3, -0.25) is 4.99 Å². The van der Waals surface area contributed by atoms with E-state index in [9.17, 15) is 0 Å². The lowest BCUT2D eigenvalue weighted by Crippen LogP contribution is -2.42. The number of guanidine groups is 1. The van der Waals surface area contributed by atoms with Gasteiger partial charge in [0.1, 0.15) is 13.2 Å². The zero-order valence-corrected chi connectivity index (χ0v) is 17.7. The third kappa shape index (κ3) is 4.19. The molecule has 1 atom stereocenters. The predicted molar refractivity (Wildman–Crippen MR) is 112 cm³/mol. The first kappa shape index (κ1) is 19.5. The van der Waals surface area contributed by atoms with E-state index >= 15 is 0 Å². The molecule has 1 aromatic rings. The average Bonchev–Trinajstić information content (AvgIpc) is 3.29. The van der Waals surface area contributed by atoms with Crippen LogP contribution in [0.25, 0.3) is 0 Å². The molecule has 1 aromatic carbocycles. The van der Waals surface area contributed by atoms with Gasteiger partial charge < -0.3 is 24.4 Å². The van der Waals surface area contributed by atoms with Gasteiger partial charge in [0.05, 0.1) is 6.61 Å². The number of halogens is 1. The molecule has 0 amide bonds. The molecule has 0 aliphatic carbocycles. The third-order valence-electron chi connectivity index (χ3n) is 5.44. The van der Waals surface area contributed by atoms with E-state index in [2.05, 4.69) is 27.3 Å². The first-order chi connectivity index (χ1) is 12.3. The molecular formula is C19H28IN3O3. The molecule has 7 heteroatoms. The van der Waals surface area contributed by atoms with E-state index in [1.165, 1.54) is 18.4 Å². The van der Waals surface area contributed by atoms with Crippen LogP contribution in [0, 0.1) is 5.41 Å². The lowest BCUT2D eigenvalue weighted by molar-refractivity contribution is 0.156. The van der Waals surface area contributed by atoms with E-state index in [1.54, 1.807) is 0 Å². The van der Waals surface area contributed by atoms with Crippen LogP contribution < -0.4 is 14.8 Å². The Kier molecular flexibility index (Phi) is 6.50. The van der Waals surface area contributed by atoms with E-state index in [0.717, 1.165) is 56.7 Å². The molecule has 3 aliphatic rings. The number of hydrogen-bond donors (Lipinski definition) is 1. The molecule has 1 N–H and O–H groups in total. The van der Waals surface area contributed by atoms with Crippen molar-refractivity contribution in [1.29, 1.82) is 0 Å². The van der Waals surface area contributed by atoms with Crippen LogP contribution in [0.15, 0.2) is 23.2 Å². The van der Waals surface area contributed by atoms with Crippen LogP contribution in [0.1, 0.15) is 18.4 Å². The van der Waals surface area contributed by atoms with Crippen molar-refractivity contribution in [1.82, 2.24) is 10.2 Å². The van der Waals surface area contributed by atoms with Crippen LogP contribution in [-0.4, -0.2) is 64.0 Å². The van der Waals surface area contributed by atoms with Crippen molar-refractivity contribution in [2.75, 3.05) is 53.1 Å². The molecule has 2 saturated heterocycles. The fraction of sp³-hybridized carbons (Fsp3) is 0.632. The maximum Gasteiger partial charge on any atom is 0.193 e. The number of nitrogens with zero attached hydrogens (tertiary/aromatic N) is 2. The second kappa shape index (κ2) is 8.65. The van der Waals surface area contributed by atoms with Gasteiger partial charge in [0.15, 0.2) is 17.5 Å². The summed E-state index contributed by atoms with van der Waals surface area (Å²) in [6, 6.07) is 6.20. The first-order valence-electron chi connectivity index (χ1n) is 9.20. The summed E-state index contributed by atoms with van der Waals surface area (Å²) < 4.78 is 16.9.